The predicted molar refractivity (Wildman–Crippen MR) is 169 cm³/mol. The minimum atomic E-state index is -3.86. The van der Waals surface area contributed by atoms with Crippen molar-refractivity contribution in [2.75, 3.05) is 47.6 Å². The number of benzene rings is 1. The molecule has 1 fully saturated rings. The Bertz CT molecular complexity index is 2040. The van der Waals surface area contributed by atoms with Gasteiger partial charge in [0.25, 0.3) is 11.5 Å². The molecule has 2 N–H and O–H groups in total. The zero-order valence-corrected chi connectivity index (χ0v) is 26.4. The van der Waals surface area contributed by atoms with Crippen LogP contribution in [0.15, 0.2) is 41.3 Å². The van der Waals surface area contributed by atoms with Gasteiger partial charge in [-0.1, -0.05) is 17.7 Å². The van der Waals surface area contributed by atoms with Gasteiger partial charge in [-0.25, -0.2) is 32.5 Å². The lowest BCUT2D eigenvalue weighted by molar-refractivity contribution is 0.0977. The van der Waals surface area contributed by atoms with Crippen molar-refractivity contribution in [2.24, 2.45) is 7.05 Å². The van der Waals surface area contributed by atoms with E-state index in [2.05, 4.69) is 15.3 Å². The Kier molecular flexibility index (Phi) is 8.63. The quantitative estimate of drug-likeness (QED) is 0.282. The molecule has 45 heavy (non-hydrogen) atoms. The van der Waals surface area contributed by atoms with Crippen LogP contribution in [0, 0.1) is 24.1 Å². The van der Waals surface area contributed by atoms with E-state index in [-0.39, 0.29) is 33.5 Å². The van der Waals surface area contributed by atoms with Crippen molar-refractivity contribution in [3.63, 3.8) is 0 Å². The Labute approximate surface area is 263 Å². The van der Waals surface area contributed by atoms with E-state index in [4.69, 9.17) is 21.8 Å². The van der Waals surface area contributed by atoms with E-state index in [1.807, 2.05) is 35.6 Å². The highest BCUT2D eigenvalue weighted by Gasteiger charge is 2.26. The molecule has 1 aliphatic heterocycles. The molecule has 1 aliphatic rings. The Balaban J connectivity index is 1.47. The molecule has 5 rings (SSSR count). The Morgan fingerprint density at radius 1 is 1.13 bits per heavy atom. The fourth-order valence-corrected chi connectivity index (χ4v) is 5.83. The summed E-state index contributed by atoms with van der Waals surface area (Å²) in [5, 5.41) is 12.6. The number of halogens is 2. The lowest BCUT2D eigenvalue weighted by Crippen LogP contribution is -2.48. The second-order valence-corrected chi connectivity index (χ2v) is 12.9. The largest absolute Gasteiger partial charge is 0.377 e. The van der Waals surface area contributed by atoms with Crippen LogP contribution in [0.3, 0.4) is 0 Å². The molecule has 13 nitrogen and oxygen atoms in total. The third-order valence-corrected chi connectivity index (χ3v) is 8.10. The van der Waals surface area contributed by atoms with Crippen LogP contribution in [0.1, 0.15) is 40.1 Å². The molecule has 0 unspecified atom stereocenters. The minimum Gasteiger partial charge on any atom is -0.377 e. The van der Waals surface area contributed by atoms with E-state index in [9.17, 15) is 22.4 Å². The first-order valence-corrected chi connectivity index (χ1v) is 16.0. The number of nitrogens with one attached hydrogen (secondary N) is 2. The molecule has 4 aromatic rings. The Morgan fingerprint density at radius 3 is 2.47 bits per heavy atom. The summed E-state index contributed by atoms with van der Waals surface area (Å²) >= 11 is 6.02. The van der Waals surface area contributed by atoms with Gasteiger partial charge in [0.2, 0.25) is 16.0 Å². The third-order valence-electron chi connectivity index (χ3n) is 7.34. The lowest BCUT2D eigenvalue weighted by Gasteiger charge is -2.36. The van der Waals surface area contributed by atoms with Crippen LogP contribution in [-0.2, 0) is 17.1 Å². The number of aromatic nitrogens is 4. The van der Waals surface area contributed by atoms with Crippen molar-refractivity contribution >= 4 is 55.9 Å². The molecule has 234 valence electrons. The van der Waals surface area contributed by atoms with E-state index in [0.29, 0.717) is 48.6 Å². The van der Waals surface area contributed by atoms with Crippen molar-refractivity contribution in [1.82, 2.24) is 24.2 Å². The molecule has 0 aliphatic carbocycles. The maximum atomic E-state index is 14.6. The molecule has 4 heterocycles. The van der Waals surface area contributed by atoms with Crippen LogP contribution in [-0.4, -0.2) is 66.3 Å². The second kappa shape index (κ2) is 12.3. The summed E-state index contributed by atoms with van der Waals surface area (Å²) in [6, 6.07) is 9.14. The number of amides is 1. The summed E-state index contributed by atoms with van der Waals surface area (Å²) < 4.78 is 41.4. The van der Waals surface area contributed by atoms with Crippen molar-refractivity contribution in [3.05, 3.63) is 80.2 Å². The first-order chi connectivity index (χ1) is 21.3. The molecule has 1 saturated heterocycles. The van der Waals surface area contributed by atoms with E-state index >= 15 is 0 Å². The SMILES string of the molecule is Cc1cc([C@@H](C)Nc2ccc(Cl)nc2C(=O)NS(C)(=O)=O)c2nc(N3CCN(c4ncc(C#N)cc4F)CC3)n(C)c(=O)c2c1. The molecule has 0 radical (unpaired) electrons. The molecule has 1 atom stereocenters. The summed E-state index contributed by atoms with van der Waals surface area (Å²) in [5.74, 6) is -0.937. The van der Waals surface area contributed by atoms with Gasteiger partial charge in [-0.15, -0.1) is 0 Å². The summed E-state index contributed by atoms with van der Waals surface area (Å²) in [5.41, 5.74) is 1.82. The molecular weight excluding hydrogens is 625 g/mol. The number of hydrogen-bond donors (Lipinski definition) is 2. The Morgan fingerprint density at radius 2 is 1.82 bits per heavy atom. The van der Waals surface area contributed by atoms with Crippen LogP contribution >= 0.6 is 11.6 Å². The monoisotopic (exact) mass is 653 g/mol. The number of nitriles is 1. The third kappa shape index (κ3) is 6.66. The molecule has 0 saturated carbocycles. The van der Waals surface area contributed by atoms with Gasteiger partial charge in [0, 0.05) is 45.0 Å². The number of nitrogens with zero attached hydrogens (tertiary/aromatic N) is 7. The number of sulfonamides is 1. The van der Waals surface area contributed by atoms with Gasteiger partial charge in [0.1, 0.15) is 11.2 Å². The highest BCUT2D eigenvalue weighted by molar-refractivity contribution is 7.89. The first kappa shape index (κ1) is 31.6. The van der Waals surface area contributed by atoms with E-state index in [1.165, 1.54) is 22.9 Å². The fourth-order valence-electron chi connectivity index (χ4n) is 5.25. The molecule has 1 aromatic carbocycles. The number of fused-ring (bicyclic) bond motifs is 1. The van der Waals surface area contributed by atoms with E-state index < -0.39 is 27.8 Å². The van der Waals surface area contributed by atoms with Crippen molar-refractivity contribution in [1.29, 1.82) is 5.26 Å². The van der Waals surface area contributed by atoms with Gasteiger partial charge < -0.3 is 15.1 Å². The van der Waals surface area contributed by atoms with Gasteiger partial charge in [0.05, 0.1) is 34.5 Å². The zero-order chi connectivity index (χ0) is 32.6. The van der Waals surface area contributed by atoms with Gasteiger partial charge in [0.15, 0.2) is 17.3 Å². The molecule has 0 spiro atoms. The normalized spacial score (nSPS) is 14.2. The van der Waals surface area contributed by atoms with Gasteiger partial charge in [-0.2, -0.15) is 5.26 Å². The number of aryl methyl sites for hydroxylation is 1. The lowest BCUT2D eigenvalue weighted by atomic mass is 10.0. The van der Waals surface area contributed by atoms with Crippen molar-refractivity contribution < 1.29 is 17.6 Å². The summed E-state index contributed by atoms with van der Waals surface area (Å²) in [4.78, 5) is 43.2. The average molecular weight is 654 g/mol. The average Bonchev–Trinajstić information content (AvgIpc) is 2.99. The number of rotatable bonds is 7. The fraction of sp³-hybridized carbons (Fsp3) is 0.310. The zero-order valence-electron chi connectivity index (χ0n) is 24.8. The summed E-state index contributed by atoms with van der Waals surface area (Å²) in [6.07, 6.45) is 2.19. The smallest absolute Gasteiger partial charge is 0.285 e. The number of piperazine rings is 1. The van der Waals surface area contributed by atoms with Gasteiger partial charge in [-0.05, 0) is 43.7 Å². The molecule has 1 amide bonds. The molecular formula is C29H29ClFN9O4S. The van der Waals surface area contributed by atoms with Crippen LogP contribution in [0.2, 0.25) is 5.15 Å². The maximum Gasteiger partial charge on any atom is 0.285 e. The molecule has 0 bridgehead atoms. The van der Waals surface area contributed by atoms with Crippen LogP contribution < -0.4 is 25.4 Å². The van der Waals surface area contributed by atoms with Gasteiger partial charge >= 0.3 is 0 Å². The van der Waals surface area contributed by atoms with Crippen LogP contribution in [0.5, 0.6) is 0 Å². The first-order valence-electron chi connectivity index (χ1n) is 13.8. The number of carbonyl (C=O) groups excluding carboxylic acids is 1. The van der Waals surface area contributed by atoms with Crippen LogP contribution in [0.4, 0.5) is 21.8 Å². The standard InChI is InChI=1S/C29H29ClFN9O4S/c1-16-11-19(17(2)34-22-5-6-23(30)35-25(22)27(41)37-45(4,43)44)24-20(12-16)28(42)38(3)29(36-24)40-9-7-39(8-10-40)26-21(31)13-18(14-32)15-33-26/h5-6,11-13,15,17,34H,7-10H2,1-4H3,(H,37,41)/t17-/m1/s1. The number of carbonyl (C=O) groups is 1. The number of pyridine rings is 2. The number of anilines is 3. The number of hydrogen-bond acceptors (Lipinski definition) is 11. The van der Waals surface area contributed by atoms with Crippen molar-refractivity contribution in [3.8, 4) is 6.07 Å². The van der Waals surface area contributed by atoms with Crippen LogP contribution in [0.25, 0.3) is 10.9 Å². The second-order valence-electron chi connectivity index (χ2n) is 10.7. The Hall–Kier alpha value is -4.81. The molecule has 3 aromatic heterocycles. The van der Waals surface area contributed by atoms with Crippen molar-refractivity contribution in [2.45, 2.75) is 19.9 Å². The van der Waals surface area contributed by atoms with Gasteiger partial charge in [-0.3, -0.25) is 14.2 Å². The highest BCUT2D eigenvalue weighted by atomic mass is 35.5. The summed E-state index contributed by atoms with van der Waals surface area (Å²) in [6.45, 7) is 5.34. The maximum absolute atomic E-state index is 14.6. The topological polar surface area (TPSA) is 166 Å². The predicted octanol–water partition coefficient (Wildman–Crippen LogP) is 2.89. The van der Waals surface area contributed by atoms with E-state index in [1.54, 1.807) is 18.0 Å². The minimum absolute atomic E-state index is 0.000429. The molecule has 16 heteroatoms. The highest BCUT2D eigenvalue weighted by Crippen LogP contribution is 2.30. The van der Waals surface area contributed by atoms with E-state index in [0.717, 1.165) is 17.9 Å². The summed E-state index contributed by atoms with van der Waals surface area (Å²) in [7, 11) is -2.22.